The number of rotatable bonds is 1. The van der Waals surface area contributed by atoms with Gasteiger partial charge in [-0.3, -0.25) is 4.98 Å². The molecule has 0 unspecified atom stereocenters. The lowest BCUT2D eigenvalue weighted by Gasteiger charge is -2.06. The van der Waals surface area contributed by atoms with E-state index in [-0.39, 0.29) is 10.6 Å². The maximum absolute atomic E-state index is 13.5. The minimum Gasteiger partial charge on any atom is -0.264 e. The van der Waals surface area contributed by atoms with E-state index in [1.807, 2.05) is 0 Å². The van der Waals surface area contributed by atoms with Crippen LogP contribution in [0.25, 0.3) is 11.1 Å². The van der Waals surface area contributed by atoms with Crippen molar-refractivity contribution in [3.63, 3.8) is 0 Å². The van der Waals surface area contributed by atoms with Crippen LogP contribution in [0.15, 0.2) is 36.7 Å². The normalized spacial score (nSPS) is 10.3. The summed E-state index contributed by atoms with van der Waals surface area (Å²) < 4.78 is 13.5. The van der Waals surface area contributed by atoms with E-state index >= 15 is 0 Å². The third kappa shape index (κ3) is 1.96. The molecule has 15 heavy (non-hydrogen) atoms. The summed E-state index contributed by atoms with van der Waals surface area (Å²) >= 11 is 11.7. The Bertz CT molecular complexity index is 485. The van der Waals surface area contributed by atoms with Crippen LogP contribution in [-0.4, -0.2) is 4.98 Å². The largest absolute Gasteiger partial charge is 0.264 e. The number of aromatic nitrogens is 1. The SMILES string of the molecule is Fc1ccc(Cl)c(Cl)c1-c1cccnc1. The molecule has 0 atom stereocenters. The molecule has 0 aliphatic rings. The minimum atomic E-state index is -0.405. The lowest BCUT2D eigenvalue weighted by Crippen LogP contribution is -1.87. The van der Waals surface area contributed by atoms with E-state index in [1.165, 1.54) is 12.1 Å². The number of halogens is 3. The lowest BCUT2D eigenvalue weighted by molar-refractivity contribution is 0.631. The Kier molecular flexibility index (Phi) is 2.89. The average Bonchev–Trinajstić information content (AvgIpc) is 2.26. The van der Waals surface area contributed by atoms with Crippen LogP contribution in [0.3, 0.4) is 0 Å². The standard InChI is InChI=1S/C11H6Cl2FN/c12-8-3-4-9(14)10(11(8)13)7-2-1-5-15-6-7/h1-6H. The molecule has 1 nitrogen and oxygen atoms in total. The van der Waals surface area contributed by atoms with Crippen LogP contribution in [0.2, 0.25) is 10.0 Å². The minimum absolute atomic E-state index is 0.213. The van der Waals surface area contributed by atoms with Gasteiger partial charge in [0.05, 0.1) is 10.0 Å². The van der Waals surface area contributed by atoms with Crippen molar-refractivity contribution in [2.45, 2.75) is 0 Å². The zero-order valence-corrected chi connectivity index (χ0v) is 9.06. The van der Waals surface area contributed by atoms with E-state index in [4.69, 9.17) is 23.2 Å². The third-order valence-corrected chi connectivity index (χ3v) is 2.80. The molecule has 0 aliphatic heterocycles. The van der Waals surface area contributed by atoms with Crippen LogP contribution in [0, 0.1) is 5.82 Å². The van der Waals surface area contributed by atoms with Crippen molar-refractivity contribution < 1.29 is 4.39 Å². The van der Waals surface area contributed by atoms with E-state index in [9.17, 15) is 4.39 Å². The molecule has 0 aliphatic carbocycles. The first kappa shape index (κ1) is 10.4. The highest BCUT2D eigenvalue weighted by Crippen LogP contribution is 2.35. The van der Waals surface area contributed by atoms with Crippen molar-refractivity contribution in [3.05, 3.63) is 52.5 Å². The smallest absolute Gasteiger partial charge is 0.132 e. The molecule has 2 rings (SSSR count). The van der Waals surface area contributed by atoms with E-state index < -0.39 is 5.82 Å². The van der Waals surface area contributed by atoms with Crippen molar-refractivity contribution >= 4 is 23.2 Å². The van der Waals surface area contributed by atoms with Gasteiger partial charge in [-0.25, -0.2) is 4.39 Å². The molecular weight excluding hydrogens is 236 g/mol. The van der Waals surface area contributed by atoms with Crippen LogP contribution in [0.5, 0.6) is 0 Å². The predicted octanol–water partition coefficient (Wildman–Crippen LogP) is 4.19. The van der Waals surface area contributed by atoms with Crippen LogP contribution in [0.4, 0.5) is 4.39 Å². The second-order valence-electron chi connectivity index (χ2n) is 2.96. The molecule has 0 fully saturated rings. The molecule has 0 saturated carbocycles. The molecule has 2 aromatic rings. The molecule has 0 radical (unpaired) electrons. The zero-order valence-electron chi connectivity index (χ0n) is 7.55. The third-order valence-electron chi connectivity index (χ3n) is 1.99. The monoisotopic (exact) mass is 241 g/mol. The highest BCUT2D eigenvalue weighted by atomic mass is 35.5. The Morgan fingerprint density at radius 1 is 1.13 bits per heavy atom. The Labute approximate surface area is 96.5 Å². The van der Waals surface area contributed by atoms with Gasteiger partial charge in [-0.05, 0) is 18.2 Å². The molecule has 0 amide bonds. The summed E-state index contributed by atoms with van der Waals surface area (Å²) in [5.41, 5.74) is 0.903. The Hall–Kier alpha value is -1.12. The molecule has 0 spiro atoms. The first-order valence-corrected chi connectivity index (χ1v) is 4.99. The van der Waals surface area contributed by atoms with Gasteiger partial charge in [0.2, 0.25) is 0 Å². The van der Waals surface area contributed by atoms with Gasteiger partial charge in [0.1, 0.15) is 5.82 Å². The van der Waals surface area contributed by atoms with Gasteiger partial charge >= 0.3 is 0 Å². The van der Waals surface area contributed by atoms with Crippen molar-refractivity contribution in [1.82, 2.24) is 4.98 Å². The van der Waals surface area contributed by atoms with Crippen molar-refractivity contribution in [3.8, 4) is 11.1 Å². The molecule has 4 heteroatoms. The fourth-order valence-electron chi connectivity index (χ4n) is 1.30. The average molecular weight is 242 g/mol. The summed E-state index contributed by atoms with van der Waals surface area (Å²) in [6, 6.07) is 6.16. The summed E-state index contributed by atoms with van der Waals surface area (Å²) in [6.07, 6.45) is 3.15. The van der Waals surface area contributed by atoms with Crippen LogP contribution < -0.4 is 0 Å². The Morgan fingerprint density at radius 2 is 1.93 bits per heavy atom. The van der Waals surface area contributed by atoms with Crippen molar-refractivity contribution in [2.75, 3.05) is 0 Å². The van der Waals surface area contributed by atoms with E-state index in [0.717, 1.165) is 0 Å². The van der Waals surface area contributed by atoms with Gasteiger partial charge in [0.15, 0.2) is 0 Å². The Balaban J connectivity index is 2.68. The van der Waals surface area contributed by atoms with Gasteiger partial charge in [0, 0.05) is 23.5 Å². The number of hydrogen-bond donors (Lipinski definition) is 0. The van der Waals surface area contributed by atoms with Crippen molar-refractivity contribution in [1.29, 1.82) is 0 Å². The maximum atomic E-state index is 13.5. The van der Waals surface area contributed by atoms with E-state index in [1.54, 1.807) is 24.5 Å². The van der Waals surface area contributed by atoms with Crippen LogP contribution >= 0.6 is 23.2 Å². The molecule has 0 bridgehead atoms. The zero-order chi connectivity index (χ0) is 10.8. The van der Waals surface area contributed by atoms with Crippen LogP contribution in [-0.2, 0) is 0 Å². The lowest BCUT2D eigenvalue weighted by atomic mass is 10.1. The molecule has 1 aromatic heterocycles. The van der Waals surface area contributed by atoms with Gasteiger partial charge in [-0.15, -0.1) is 0 Å². The fraction of sp³-hybridized carbons (Fsp3) is 0. The van der Waals surface area contributed by atoms with Gasteiger partial charge in [0.25, 0.3) is 0 Å². The van der Waals surface area contributed by atoms with E-state index in [2.05, 4.69) is 4.98 Å². The first-order chi connectivity index (χ1) is 7.20. The number of pyridine rings is 1. The predicted molar refractivity (Wildman–Crippen MR) is 59.7 cm³/mol. The number of hydrogen-bond acceptors (Lipinski definition) is 1. The second kappa shape index (κ2) is 4.17. The topological polar surface area (TPSA) is 12.9 Å². The first-order valence-electron chi connectivity index (χ1n) is 4.24. The highest BCUT2D eigenvalue weighted by molar-refractivity contribution is 6.43. The molecule has 1 heterocycles. The quantitative estimate of drug-likeness (QED) is 0.683. The summed E-state index contributed by atoms with van der Waals surface area (Å²) in [7, 11) is 0. The van der Waals surface area contributed by atoms with Gasteiger partial charge in [-0.1, -0.05) is 29.3 Å². The van der Waals surface area contributed by atoms with Crippen molar-refractivity contribution in [2.24, 2.45) is 0 Å². The molecular formula is C11H6Cl2FN. The second-order valence-corrected chi connectivity index (χ2v) is 3.75. The molecule has 76 valence electrons. The summed E-state index contributed by atoms with van der Waals surface area (Å²) in [5, 5.41) is 0.543. The number of benzene rings is 1. The van der Waals surface area contributed by atoms with Gasteiger partial charge < -0.3 is 0 Å². The molecule has 1 aromatic carbocycles. The summed E-state index contributed by atoms with van der Waals surface area (Å²) in [6.45, 7) is 0. The van der Waals surface area contributed by atoms with Crippen LogP contribution in [0.1, 0.15) is 0 Å². The molecule has 0 saturated heterocycles. The number of nitrogens with zero attached hydrogens (tertiary/aromatic N) is 1. The van der Waals surface area contributed by atoms with E-state index in [0.29, 0.717) is 10.6 Å². The maximum Gasteiger partial charge on any atom is 0.132 e. The molecule has 0 N–H and O–H groups in total. The highest BCUT2D eigenvalue weighted by Gasteiger charge is 2.12. The summed E-state index contributed by atoms with van der Waals surface area (Å²) in [5.74, 6) is -0.405. The van der Waals surface area contributed by atoms with Gasteiger partial charge in [-0.2, -0.15) is 0 Å². The fourth-order valence-corrected chi connectivity index (χ4v) is 1.72. The summed E-state index contributed by atoms with van der Waals surface area (Å²) in [4.78, 5) is 3.90. The Morgan fingerprint density at radius 3 is 2.60 bits per heavy atom.